The zero-order valence-electron chi connectivity index (χ0n) is 20.6. The molecule has 3 aliphatic rings. The number of halogens is 2. The molecule has 202 valence electrons. The number of nitrogens with zero attached hydrogens (tertiary/aromatic N) is 4. The number of fused-ring (bicyclic) bond motifs is 1. The van der Waals surface area contributed by atoms with E-state index in [4.69, 9.17) is 19.8 Å². The zero-order valence-corrected chi connectivity index (χ0v) is 21.5. The molecule has 2 aromatic rings. The van der Waals surface area contributed by atoms with Crippen molar-refractivity contribution in [3.05, 3.63) is 35.4 Å². The first kappa shape index (κ1) is 26.3. The monoisotopic (exact) mass is 538 g/mol. The van der Waals surface area contributed by atoms with Gasteiger partial charge in [-0.2, -0.15) is 0 Å². The number of aromatic nitrogens is 2. The molecule has 0 radical (unpaired) electrons. The molecule has 6 atom stereocenters. The number of aliphatic hydroxyl groups is 3. The lowest BCUT2D eigenvalue weighted by Gasteiger charge is -2.32. The molecule has 2 heterocycles. The number of rotatable bonds is 10. The molecule has 0 saturated heterocycles. The highest BCUT2D eigenvalue weighted by Gasteiger charge is 2.49. The molecule has 13 heteroatoms. The molecular formula is C24H32F2N6O4S. The molecule has 1 aromatic carbocycles. The van der Waals surface area contributed by atoms with Crippen LogP contribution in [0.2, 0.25) is 0 Å². The fourth-order valence-corrected chi connectivity index (χ4v) is 5.71. The van der Waals surface area contributed by atoms with E-state index in [1.165, 1.54) is 17.8 Å². The summed E-state index contributed by atoms with van der Waals surface area (Å²) in [6, 6.07) is 3.46. The lowest BCUT2D eigenvalue weighted by Crippen LogP contribution is -2.50. The third kappa shape index (κ3) is 5.20. The molecule has 0 unspecified atom stereocenters. The number of aliphatic hydroxyl groups excluding tert-OH is 3. The molecule has 5 N–H and O–H groups in total. The number of hydrazine groups is 2. The minimum absolute atomic E-state index is 0.0100. The Morgan fingerprint density at radius 1 is 1.19 bits per heavy atom. The number of ether oxygens (including phenoxy) is 1. The Morgan fingerprint density at radius 3 is 2.73 bits per heavy atom. The smallest absolute Gasteiger partial charge is 0.191 e. The Bertz CT molecular complexity index is 1130. The van der Waals surface area contributed by atoms with Gasteiger partial charge in [0.05, 0.1) is 25.4 Å². The maximum atomic E-state index is 13.8. The van der Waals surface area contributed by atoms with Gasteiger partial charge in [0, 0.05) is 31.2 Å². The molecule has 2 saturated carbocycles. The molecule has 2 fully saturated rings. The van der Waals surface area contributed by atoms with Gasteiger partial charge in [-0.15, -0.1) is 5.12 Å². The number of thioether (sulfide) groups is 1. The van der Waals surface area contributed by atoms with Gasteiger partial charge < -0.3 is 25.4 Å². The van der Waals surface area contributed by atoms with Crippen molar-refractivity contribution in [1.82, 2.24) is 15.1 Å². The molecule has 10 nitrogen and oxygen atoms in total. The van der Waals surface area contributed by atoms with Crippen LogP contribution in [0.5, 0.6) is 0 Å². The highest BCUT2D eigenvalue weighted by molar-refractivity contribution is 7.99. The van der Waals surface area contributed by atoms with E-state index in [1.807, 2.05) is 0 Å². The fourth-order valence-electron chi connectivity index (χ4n) is 5.02. The summed E-state index contributed by atoms with van der Waals surface area (Å²) in [7, 11) is 1.78. The first-order chi connectivity index (χ1) is 17.8. The Kier molecular flexibility index (Phi) is 7.70. The second kappa shape index (κ2) is 10.8. The maximum absolute atomic E-state index is 13.8. The molecular weight excluding hydrogens is 506 g/mol. The highest BCUT2D eigenvalue weighted by Crippen LogP contribution is 2.47. The van der Waals surface area contributed by atoms with Gasteiger partial charge >= 0.3 is 0 Å². The van der Waals surface area contributed by atoms with Crippen LogP contribution in [0.3, 0.4) is 0 Å². The van der Waals surface area contributed by atoms with Crippen LogP contribution in [-0.2, 0) is 4.74 Å². The van der Waals surface area contributed by atoms with E-state index in [9.17, 15) is 19.0 Å². The lowest BCUT2D eigenvalue weighted by molar-refractivity contribution is -0.0620. The Morgan fingerprint density at radius 2 is 2.00 bits per heavy atom. The molecule has 0 amide bonds. The van der Waals surface area contributed by atoms with Gasteiger partial charge in [-0.05, 0) is 30.5 Å². The fraction of sp³-hybridized carbons (Fsp3) is 0.583. The lowest BCUT2D eigenvalue weighted by atomic mass is 10.1. The zero-order chi connectivity index (χ0) is 26.3. The minimum Gasteiger partial charge on any atom is -0.394 e. The Hall–Kier alpha value is -2.29. The first-order valence-electron chi connectivity index (χ1n) is 12.5. The van der Waals surface area contributed by atoms with Crippen LogP contribution in [-0.4, -0.2) is 86.8 Å². The van der Waals surface area contributed by atoms with Gasteiger partial charge in [0.15, 0.2) is 28.4 Å². The summed E-state index contributed by atoms with van der Waals surface area (Å²) >= 11 is 1.52. The maximum Gasteiger partial charge on any atom is 0.191 e. The summed E-state index contributed by atoms with van der Waals surface area (Å²) in [5.41, 5.74) is 4.61. The Balaban J connectivity index is 1.41. The average Bonchev–Trinajstić information content (AvgIpc) is 3.49. The average molecular weight is 539 g/mol. The first-order valence-corrected chi connectivity index (χ1v) is 13.4. The molecule has 2 aliphatic carbocycles. The quantitative estimate of drug-likeness (QED) is 0.226. The van der Waals surface area contributed by atoms with Crippen molar-refractivity contribution in [2.75, 3.05) is 41.8 Å². The summed E-state index contributed by atoms with van der Waals surface area (Å²) in [5.74, 6) is 0.262. The van der Waals surface area contributed by atoms with Crippen LogP contribution < -0.4 is 15.8 Å². The van der Waals surface area contributed by atoms with Crippen molar-refractivity contribution in [2.45, 2.75) is 67.7 Å². The van der Waals surface area contributed by atoms with Gasteiger partial charge in [0.2, 0.25) is 0 Å². The molecule has 1 aromatic heterocycles. The normalized spacial score (nSPS) is 28.9. The summed E-state index contributed by atoms with van der Waals surface area (Å²) in [4.78, 5) is 9.50. The van der Waals surface area contributed by atoms with Crippen LogP contribution in [0.4, 0.5) is 26.1 Å². The van der Waals surface area contributed by atoms with E-state index in [0.717, 1.165) is 30.2 Å². The van der Waals surface area contributed by atoms with Crippen molar-refractivity contribution in [2.24, 2.45) is 0 Å². The second-order valence-corrected chi connectivity index (χ2v) is 10.6. The topological polar surface area (TPSA) is 126 Å². The summed E-state index contributed by atoms with van der Waals surface area (Å²) in [5, 5.41) is 38.0. The van der Waals surface area contributed by atoms with E-state index in [-0.39, 0.29) is 25.2 Å². The largest absolute Gasteiger partial charge is 0.394 e. The van der Waals surface area contributed by atoms with E-state index < -0.39 is 36.0 Å². The van der Waals surface area contributed by atoms with Crippen LogP contribution in [0, 0.1) is 11.6 Å². The predicted octanol–water partition coefficient (Wildman–Crippen LogP) is 2.09. The van der Waals surface area contributed by atoms with E-state index in [1.54, 1.807) is 23.2 Å². The van der Waals surface area contributed by atoms with Crippen molar-refractivity contribution in [3.8, 4) is 0 Å². The van der Waals surface area contributed by atoms with Crippen LogP contribution >= 0.6 is 11.8 Å². The van der Waals surface area contributed by atoms with E-state index in [2.05, 4.69) is 17.7 Å². The summed E-state index contributed by atoms with van der Waals surface area (Å²) < 4.78 is 32.7. The second-order valence-electron chi connectivity index (χ2n) is 9.57. The molecule has 0 spiro atoms. The Labute approximate surface area is 218 Å². The molecule has 1 aliphatic heterocycles. The van der Waals surface area contributed by atoms with Crippen molar-refractivity contribution < 1.29 is 28.8 Å². The van der Waals surface area contributed by atoms with Crippen molar-refractivity contribution in [1.29, 1.82) is 0 Å². The van der Waals surface area contributed by atoms with E-state index in [0.29, 0.717) is 28.9 Å². The van der Waals surface area contributed by atoms with Gasteiger partial charge in [-0.25, -0.2) is 18.7 Å². The van der Waals surface area contributed by atoms with Gasteiger partial charge in [-0.1, -0.05) is 24.8 Å². The number of anilines is 3. The van der Waals surface area contributed by atoms with Crippen molar-refractivity contribution in [3.63, 3.8) is 0 Å². The van der Waals surface area contributed by atoms with Crippen molar-refractivity contribution >= 4 is 29.1 Å². The molecule has 5 rings (SSSR count). The van der Waals surface area contributed by atoms with Gasteiger partial charge in [0.1, 0.15) is 17.9 Å². The summed E-state index contributed by atoms with van der Waals surface area (Å²) in [6.07, 6.45) is -0.810. The highest BCUT2D eigenvalue weighted by atomic mass is 32.2. The molecule has 37 heavy (non-hydrogen) atoms. The summed E-state index contributed by atoms with van der Waals surface area (Å²) in [6.45, 7) is 1.96. The van der Waals surface area contributed by atoms with Crippen LogP contribution in [0.15, 0.2) is 23.4 Å². The SMILES string of the molecule is CCCSc1nc(N[C@@H]2C[C@H]2c2ccc(F)c(F)c2)c2c(n1)N([C@@H]1C[C@H](OCCO)[C@@H](O)[C@H]1O)N(C)N2. The number of hydrogen-bond acceptors (Lipinski definition) is 11. The van der Waals surface area contributed by atoms with Gasteiger partial charge in [-0.3, -0.25) is 10.4 Å². The predicted molar refractivity (Wildman–Crippen MR) is 135 cm³/mol. The third-order valence-corrected chi connectivity index (χ3v) is 7.99. The standard InChI is InChI=1S/C24H32F2N6O4S/c1-3-8-37-24-28-22(27-16-10-13(16)12-4-5-14(25)15(26)9-12)19-23(29-24)32(31(2)30-19)17-11-18(36-7-6-33)21(35)20(17)34/h4-5,9,13,16-18,20-21,30,33-35H,3,6-8,10-11H2,1-2H3,(H,27,28,29)/t13-,16+,17+,18-,20-,21+/m0/s1. The number of benzene rings is 1. The third-order valence-electron chi connectivity index (χ3n) is 6.94. The van der Waals surface area contributed by atoms with Gasteiger partial charge in [0.25, 0.3) is 0 Å². The number of hydrogen-bond donors (Lipinski definition) is 5. The van der Waals surface area contributed by atoms with Crippen LogP contribution in [0.25, 0.3) is 0 Å². The van der Waals surface area contributed by atoms with Crippen LogP contribution in [0.1, 0.15) is 37.7 Å². The minimum atomic E-state index is -1.11. The van der Waals surface area contributed by atoms with E-state index >= 15 is 0 Å². The molecule has 0 bridgehead atoms. The number of nitrogens with one attached hydrogen (secondary N) is 2.